The van der Waals surface area contributed by atoms with Crippen molar-refractivity contribution >= 4 is 17.5 Å². The second-order valence-corrected chi connectivity index (χ2v) is 5.68. The van der Waals surface area contributed by atoms with Gasteiger partial charge in [-0.2, -0.15) is 0 Å². The van der Waals surface area contributed by atoms with Crippen LogP contribution in [0.25, 0.3) is 11.1 Å². The topological polar surface area (TPSA) is 42.0 Å². The normalized spacial score (nSPS) is 10.4. The lowest BCUT2D eigenvalue weighted by Crippen LogP contribution is -2.23. The summed E-state index contributed by atoms with van der Waals surface area (Å²) in [6, 6.07) is 16.8. The van der Waals surface area contributed by atoms with E-state index in [0.717, 1.165) is 11.3 Å². The van der Waals surface area contributed by atoms with E-state index >= 15 is 0 Å². The molecule has 0 fully saturated rings. The molecule has 0 aliphatic heterocycles. The standard InChI is InChI=1S/C19H14ClFN2O/c20-16-9-15(10-17(21)11-16)13-4-3-5-14(8-13)19(24)23-12-18-6-1-2-7-22-18/h1-11H,12H2,(H,23,24). The number of halogens is 2. The number of pyridine rings is 1. The van der Waals surface area contributed by atoms with Gasteiger partial charge in [0.2, 0.25) is 0 Å². The summed E-state index contributed by atoms with van der Waals surface area (Å²) < 4.78 is 13.5. The molecule has 3 aromatic rings. The van der Waals surface area contributed by atoms with Gasteiger partial charge in [0, 0.05) is 16.8 Å². The van der Waals surface area contributed by atoms with E-state index < -0.39 is 5.82 Å². The van der Waals surface area contributed by atoms with Crippen LogP contribution in [-0.2, 0) is 6.54 Å². The van der Waals surface area contributed by atoms with Crippen molar-refractivity contribution in [1.82, 2.24) is 10.3 Å². The number of hydrogen-bond acceptors (Lipinski definition) is 2. The molecular formula is C19H14ClFN2O. The number of benzene rings is 2. The van der Waals surface area contributed by atoms with Crippen molar-refractivity contribution in [3.05, 3.63) is 89.0 Å². The maximum atomic E-state index is 13.5. The molecule has 0 radical (unpaired) electrons. The summed E-state index contributed by atoms with van der Waals surface area (Å²) >= 11 is 5.89. The number of aromatic nitrogens is 1. The minimum absolute atomic E-state index is 0.218. The van der Waals surface area contributed by atoms with Gasteiger partial charge in [-0.15, -0.1) is 0 Å². The summed E-state index contributed by atoms with van der Waals surface area (Å²) in [5.74, 6) is -0.632. The smallest absolute Gasteiger partial charge is 0.251 e. The van der Waals surface area contributed by atoms with Gasteiger partial charge < -0.3 is 5.32 Å². The molecule has 0 spiro atoms. The molecule has 0 saturated carbocycles. The molecule has 0 atom stereocenters. The van der Waals surface area contributed by atoms with E-state index in [0.29, 0.717) is 22.7 Å². The zero-order valence-corrected chi connectivity index (χ0v) is 13.4. The summed E-state index contributed by atoms with van der Waals surface area (Å²) in [4.78, 5) is 16.5. The third-order valence-electron chi connectivity index (χ3n) is 3.48. The van der Waals surface area contributed by atoms with E-state index in [9.17, 15) is 9.18 Å². The average Bonchev–Trinajstić information content (AvgIpc) is 2.60. The first kappa shape index (κ1) is 16.1. The number of hydrogen-bond donors (Lipinski definition) is 1. The van der Waals surface area contributed by atoms with Crippen molar-refractivity contribution in [2.75, 3.05) is 0 Å². The number of rotatable bonds is 4. The van der Waals surface area contributed by atoms with Gasteiger partial charge in [0.25, 0.3) is 5.91 Å². The van der Waals surface area contributed by atoms with Crippen molar-refractivity contribution in [3.63, 3.8) is 0 Å². The first-order chi connectivity index (χ1) is 11.6. The molecule has 3 nitrogen and oxygen atoms in total. The van der Waals surface area contributed by atoms with Crippen molar-refractivity contribution < 1.29 is 9.18 Å². The van der Waals surface area contributed by atoms with Crippen LogP contribution in [0.3, 0.4) is 0 Å². The minimum Gasteiger partial charge on any atom is -0.346 e. The molecule has 120 valence electrons. The first-order valence-corrected chi connectivity index (χ1v) is 7.74. The zero-order valence-electron chi connectivity index (χ0n) is 12.7. The van der Waals surface area contributed by atoms with Gasteiger partial charge in [0.1, 0.15) is 5.82 Å². The zero-order chi connectivity index (χ0) is 16.9. The number of carbonyl (C=O) groups is 1. The van der Waals surface area contributed by atoms with Crippen LogP contribution in [0.5, 0.6) is 0 Å². The summed E-state index contributed by atoms with van der Waals surface area (Å²) in [5.41, 5.74) is 2.61. The molecule has 1 aromatic heterocycles. The van der Waals surface area contributed by atoms with Crippen LogP contribution < -0.4 is 5.32 Å². The average molecular weight is 341 g/mol. The quantitative estimate of drug-likeness (QED) is 0.761. The third-order valence-corrected chi connectivity index (χ3v) is 3.70. The fourth-order valence-corrected chi connectivity index (χ4v) is 2.56. The predicted octanol–water partition coefficient (Wildman–Crippen LogP) is 4.47. The van der Waals surface area contributed by atoms with Crippen molar-refractivity contribution in [2.24, 2.45) is 0 Å². The Morgan fingerprint density at radius 1 is 1.04 bits per heavy atom. The molecule has 0 aliphatic rings. The van der Waals surface area contributed by atoms with Crippen molar-refractivity contribution in [2.45, 2.75) is 6.54 Å². The van der Waals surface area contributed by atoms with Crippen LogP contribution in [-0.4, -0.2) is 10.9 Å². The molecule has 1 amide bonds. The highest BCUT2D eigenvalue weighted by molar-refractivity contribution is 6.30. The molecule has 1 N–H and O–H groups in total. The molecule has 0 bridgehead atoms. The molecule has 0 aliphatic carbocycles. The molecule has 0 saturated heterocycles. The van der Waals surface area contributed by atoms with Gasteiger partial charge >= 0.3 is 0 Å². The summed E-state index contributed by atoms with van der Waals surface area (Å²) in [5, 5.41) is 3.13. The summed E-state index contributed by atoms with van der Waals surface area (Å²) in [6.45, 7) is 0.343. The Kier molecular flexibility index (Phi) is 4.87. The molecule has 5 heteroatoms. The molecule has 24 heavy (non-hydrogen) atoms. The monoisotopic (exact) mass is 340 g/mol. The summed E-state index contributed by atoms with van der Waals surface area (Å²) in [7, 11) is 0. The van der Waals surface area contributed by atoms with Gasteiger partial charge in [0.15, 0.2) is 0 Å². The molecule has 3 rings (SSSR count). The van der Waals surface area contributed by atoms with Gasteiger partial charge in [-0.3, -0.25) is 9.78 Å². The van der Waals surface area contributed by atoms with Crippen molar-refractivity contribution in [1.29, 1.82) is 0 Å². The SMILES string of the molecule is O=C(NCc1ccccn1)c1cccc(-c2cc(F)cc(Cl)c2)c1. The largest absolute Gasteiger partial charge is 0.346 e. The van der Waals surface area contributed by atoms with E-state index in [1.54, 1.807) is 36.5 Å². The Labute approximate surface area is 144 Å². The Morgan fingerprint density at radius 2 is 1.92 bits per heavy atom. The van der Waals surface area contributed by atoms with E-state index in [2.05, 4.69) is 10.3 Å². The Balaban J connectivity index is 1.78. The lowest BCUT2D eigenvalue weighted by Gasteiger charge is -2.08. The van der Waals surface area contributed by atoms with Crippen molar-refractivity contribution in [3.8, 4) is 11.1 Å². The predicted molar refractivity (Wildman–Crippen MR) is 92.3 cm³/mol. The van der Waals surface area contributed by atoms with Gasteiger partial charge in [-0.05, 0) is 53.6 Å². The van der Waals surface area contributed by atoms with Gasteiger partial charge in [-0.25, -0.2) is 4.39 Å². The highest BCUT2D eigenvalue weighted by Gasteiger charge is 2.08. The Hall–Kier alpha value is -2.72. The van der Waals surface area contributed by atoms with E-state index in [1.807, 2.05) is 18.2 Å². The Morgan fingerprint density at radius 3 is 2.67 bits per heavy atom. The molecule has 2 aromatic carbocycles. The fraction of sp³-hybridized carbons (Fsp3) is 0.0526. The number of amides is 1. The van der Waals surface area contributed by atoms with Crippen LogP contribution >= 0.6 is 11.6 Å². The third kappa shape index (κ3) is 3.97. The maximum absolute atomic E-state index is 13.5. The van der Waals surface area contributed by atoms with Gasteiger partial charge in [0.05, 0.1) is 12.2 Å². The summed E-state index contributed by atoms with van der Waals surface area (Å²) in [6.07, 6.45) is 1.68. The maximum Gasteiger partial charge on any atom is 0.251 e. The minimum atomic E-state index is -0.414. The fourth-order valence-electron chi connectivity index (χ4n) is 2.34. The molecule has 0 unspecified atom stereocenters. The van der Waals surface area contributed by atoms with Crippen LogP contribution in [0.1, 0.15) is 16.1 Å². The first-order valence-electron chi connectivity index (χ1n) is 7.36. The lowest BCUT2D eigenvalue weighted by molar-refractivity contribution is 0.0950. The van der Waals surface area contributed by atoms with E-state index in [4.69, 9.17) is 11.6 Å². The highest BCUT2D eigenvalue weighted by Crippen LogP contribution is 2.25. The second kappa shape index (κ2) is 7.23. The highest BCUT2D eigenvalue weighted by atomic mass is 35.5. The second-order valence-electron chi connectivity index (χ2n) is 5.24. The van der Waals surface area contributed by atoms with E-state index in [1.165, 1.54) is 12.1 Å². The number of carbonyl (C=O) groups excluding carboxylic acids is 1. The van der Waals surface area contributed by atoms with Gasteiger partial charge in [-0.1, -0.05) is 29.8 Å². The molecular weight excluding hydrogens is 327 g/mol. The number of nitrogens with one attached hydrogen (secondary N) is 1. The molecule has 1 heterocycles. The Bertz CT molecular complexity index is 848. The van der Waals surface area contributed by atoms with Crippen LogP contribution in [0.2, 0.25) is 5.02 Å². The van der Waals surface area contributed by atoms with Crippen LogP contribution in [0, 0.1) is 5.82 Å². The van der Waals surface area contributed by atoms with E-state index in [-0.39, 0.29) is 5.91 Å². The van der Waals surface area contributed by atoms with Crippen LogP contribution in [0.15, 0.2) is 66.9 Å². The number of nitrogens with zero attached hydrogens (tertiary/aromatic N) is 1. The van der Waals surface area contributed by atoms with Crippen LogP contribution in [0.4, 0.5) is 4.39 Å². The lowest BCUT2D eigenvalue weighted by atomic mass is 10.0.